The van der Waals surface area contributed by atoms with Gasteiger partial charge in [0.1, 0.15) is 12.6 Å². The van der Waals surface area contributed by atoms with Crippen LogP contribution in [-0.2, 0) is 32.6 Å². The Morgan fingerprint density at radius 1 is 0.857 bits per heavy atom. The Morgan fingerprint density at radius 2 is 1.51 bits per heavy atom. The Hall–Kier alpha value is -4.35. The van der Waals surface area contributed by atoms with E-state index in [1.54, 1.807) is 24.3 Å². The molecule has 0 aliphatic heterocycles. The number of aryl methyl sites for hydroxylation is 1. The number of anilines is 1. The summed E-state index contributed by atoms with van der Waals surface area (Å²) < 4.78 is 41.6. The molecule has 0 aromatic heterocycles. The van der Waals surface area contributed by atoms with Gasteiger partial charge < -0.3 is 19.7 Å². The molecular weight excluding hydrogens is 706 g/mol. The Labute approximate surface area is 297 Å². The van der Waals surface area contributed by atoms with Gasteiger partial charge in [-0.15, -0.1) is 0 Å². The summed E-state index contributed by atoms with van der Waals surface area (Å²) in [6.45, 7) is 1.39. The number of sulfonamides is 1. The molecule has 4 aromatic rings. The molecule has 11 heteroatoms. The molecule has 0 heterocycles. The summed E-state index contributed by atoms with van der Waals surface area (Å²) in [7, 11) is -1.31. The minimum absolute atomic E-state index is 0.0277. The lowest BCUT2D eigenvalue weighted by molar-refractivity contribution is -0.140. The summed E-state index contributed by atoms with van der Waals surface area (Å²) in [6, 6.07) is 27.4. The number of nitrogens with zero attached hydrogens (tertiary/aromatic N) is 2. The number of carbonyl (C=O) groups is 2. The lowest BCUT2D eigenvalue weighted by Crippen LogP contribution is -2.54. The number of nitrogens with one attached hydrogen (secondary N) is 1. The fourth-order valence-electron chi connectivity index (χ4n) is 6.05. The summed E-state index contributed by atoms with van der Waals surface area (Å²) in [5, 5.41) is 3.20. The highest BCUT2D eigenvalue weighted by molar-refractivity contribution is 9.10. The van der Waals surface area contributed by atoms with E-state index in [4.69, 9.17) is 9.47 Å². The quantitative estimate of drug-likeness (QED) is 0.155. The van der Waals surface area contributed by atoms with E-state index in [2.05, 4.69) is 21.2 Å². The number of halogens is 1. The summed E-state index contributed by atoms with van der Waals surface area (Å²) in [5.41, 5.74) is 2.78. The molecule has 0 saturated heterocycles. The van der Waals surface area contributed by atoms with E-state index in [1.807, 2.05) is 61.5 Å². The van der Waals surface area contributed by atoms with Crippen LogP contribution in [-0.4, -0.2) is 58.0 Å². The van der Waals surface area contributed by atoms with Crippen LogP contribution in [0.1, 0.15) is 42.4 Å². The van der Waals surface area contributed by atoms with E-state index < -0.39 is 28.5 Å². The second-order valence-corrected chi connectivity index (χ2v) is 15.0. The van der Waals surface area contributed by atoms with Gasteiger partial charge in [0.15, 0.2) is 11.5 Å². The predicted octanol–water partition coefficient (Wildman–Crippen LogP) is 6.67. The van der Waals surface area contributed by atoms with Crippen molar-refractivity contribution in [2.75, 3.05) is 25.1 Å². The number of amides is 2. The average molecular weight is 749 g/mol. The topological polar surface area (TPSA) is 105 Å². The minimum Gasteiger partial charge on any atom is -0.493 e. The molecule has 1 N–H and O–H groups in total. The number of benzene rings is 4. The molecule has 1 atom stereocenters. The van der Waals surface area contributed by atoms with Gasteiger partial charge in [0.2, 0.25) is 11.8 Å². The molecular formula is C38H42BrN3O6S. The van der Waals surface area contributed by atoms with Gasteiger partial charge >= 0.3 is 0 Å². The molecule has 258 valence electrons. The van der Waals surface area contributed by atoms with Crippen molar-refractivity contribution < 1.29 is 27.5 Å². The zero-order valence-corrected chi connectivity index (χ0v) is 30.4. The lowest BCUT2D eigenvalue weighted by Gasteiger charge is -2.34. The first-order valence-corrected chi connectivity index (χ1v) is 18.5. The SMILES string of the molecule is COc1ccc(N(CC(=O)N(Cc2ccc(Br)cc2)[C@@H](Cc2ccccc2)C(=O)NC2CCCC2)S(=O)(=O)c2ccc(C)cc2)cc1OC. The molecule has 1 aliphatic carbocycles. The molecule has 4 aromatic carbocycles. The highest BCUT2D eigenvalue weighted by Crippen LogP contribution is 2.34. The highest BCUT2D eigenvalue weighted by atomic mass is 79.9. The van der Waals surface area contributed by atoms with E-state index in [-0.39, 0.29) is 35.5 Å². The predicted molar refractivity (Wildman–Crippen MR) is 194 cm³/mol. The Bertz CT molecular complexity index is 1830. The summed E-state index contributed by atoms with van der Waals surface area (Å²) in [4.78, 5) is 30.5. The maximum Gasteiger partial charge on any atom is 0.264 e. The van der Waals surface area contributed by atoms with Crippen molar-refractivity contribution in [3.05, 3.63) is 118 Å². The molecule has 5 rings (SSSR count). The van der Waals surface area contributed by atoms with Crippen molar-refractivity contribution in [1.82, 2.24) is 10.2 Å². The Morgan fingerprint density at radius 3 is 2.14 bits per heavy atom. The zero-order valence-electron chi connectivity index (χ0n) is 28.0. The Kier molecular flexibility index (Phi) is 12.0. The van der Waals surface area contributed by atoms with Crippen LogP contribution in [0.5, 0.6) is 11.5 Å². The fourth-order valence-corrected chi connectivity index (χ4v) is 7.72. The normalized spacial score (nSPS) is 13.8. The van der Waals surface area contributed by atoms with E-state index >= 15 is 0 Å². The first kappa shape index (κ1) is 35.9. The molecule has 0 unspecified atom stereocenters. The van der Waals surface area contributed by atoms with Crippen LogP contribution in [0.3, 0.4) is 0 Å². The third kappa shape index (κ3) is 9.01. The van der Waals surface area contributed by atoms with E-state index in [0.29, 0.717) is 11.5 Å². The standard InChI is InChI=1S/C38H42BrN3O6S/c1-27-13-20-33(21-14-27)49(45,46)42(32-19-22-35(47-2)36(24-32)48-3)26-37(43)41(25-29-15-17-30(39)18-16-29)34(23-28-9-5-4-6-10-28)38(44)40-31-11-7-8-12-31/h4-6,9-10,13-22,24,31,34H,7-8,11-12,23,25-26H2,1-3H3,(H,40,44)/t34-/m0/s1. The summed E-state index contributed by atoms with van der Waals surface area (Å²) in [6.07, 6.45) is 4.08. The van der Waals surface area contributed by atoms with Crippen LogP contribution in [0.2, 0.25) is 0 Å². The van der Waals surface area contributed by atoms with E-state index in [9.17, 15) is 18.0 Å². The fraction of sp³-hybridized carbons (Fsp3) is 0.316. The summed E-state index contributed by atoms with van der Waals surface area (Å²) >= 11 is 3.48. The zero-order chi connectivity index (χ0) is 35.0. The maximum absolute atomic E-state index is 14.8. The molecule has 2 amide bonds. The number of methoxy groups -OCH3 is 2. The maximum atomic E-state index is 14.8. The van der Waals surface area contributed by atoms with Gasteiger partial charge in [-0.3, -0.25) is 13.9 Å². The first-order valence-electron chi connectivity index (χ1n) is 16.3. The van der Waals surface area contributed by atoms with Crippen LogP contribution < -0.4 is 19.1 Å². The van der Waals surface area contributed by atoms with Gasteiger partial charge in [0, 0.05) is 29.5 Å². The molecule has 1 aliphatic rings. The number of ether oxygens (including phenoxy) is 2. The van der Waals surface area contributed by atoms with Crippen molar-refractivity contribution in [2.45, 2.75) is 62.6 Å². The van der Waals surface area contributed by atoms with Gasteiger partial charge in [-0.05, 0) is 67.3 Å². The molecule has 9 nitrogen and oxygen atoms in total. The Balaban J connectivity index is 1.59. The number of rotatable bonds is 14. The van der Waals surface area contributed by atoms with Gasteiger partial charge in [-0.1, -0.05) is 88.9 Å². The van der Waals surface area contributed by atoms with Gasteiger partial charge in [-0.2, -0.15) is 0 Å². The monoisotopic (exact) mass is 747 g/mol. The molecule has 49 heavy (non-hydrogen) atoms. The lowest BCUT2D eigenvalue weighted by atomic mass is 10.0. The largest absolute Gasteiger partial charge is 0.493 e. The minimum atomic E-state index is -4.26. The van der Waals surface area contributed by atoms with E-state index in [0.717, 1.165) is 51.2 Å². The third-order valence-electron chi connectivity index (χ3n) is 8.78. The second-order valence-electron chi connectivity index (χ2n) is 12.2. The van der Waals surface area contributed by atoms with Crippen molar-refractivity contribution in [3.8, 4) is 11.5 Å². The van der Waals surface area contributed by atoms with Crippen LogP contribution >= 0.6 is 15.9 Å². The first-order chi connectivity index (χ1) is 23.6. The number of hydrogen-bond donors (Lipinski definition) is 1. The average Bonchev–Trinajstić information content (AvgIpc) is 3.62. The number of hydrogen-bond acceptors (Lipinski definition) is 6. The van der Waals surface area contributed by atoms with Crippen LogP contribution in [0, 0.1) is 6.92 Å². The van der Waals surface area contributed by atoms with Crippen molar-refractivity contribution in [3.63, 3.8) is 0 Å². The second kappa shape index (κ2) is 16.4. The smallest absolute Gasteiger partial charge is 0.264 e. The summed E-state index contributed by atoms with van der Waals surface area (Å²) in [5.74, 6) is -0.0778. The molecule has 1 saturated carbocycles. The molecule has 0 radical (unpaired) electrons. The van der Waals surface area contributed by atoms with Gasteiger partial charge in [-0.25, -0.2) is 8.42 Å². The molecule has 0 bridgehead atoms. The molecule has 1 fully saturated rings. The van der Waals surface area contributed by atoms with Crippen molar-refractivity contribution >= 4 is 43.5 Å². The van der Waals surface area contributed by atoms with Crippen LogP contribution in [0.25, 0.3) is 0 Å². The van der Waals surface area contributed by atoms with Gasteiger partial charge in [0.25, 0.3) is 10.0 Å². The highest BCUT2D eigenvalue weighted by Gasteiger charge is 2.36. The van der Waals surface area contributed by atoms with E-state index in [1.165, 1.54) is 37.3 Å². The van der Waals surface area contributed by atoms with Crippen LogP contribution in [0.4, 0.5) is 5.69 Å². The van der Waals surface area contributed by atoms with Gasteiger partial charge in [0.05, 0.1) is 24.8 Å². The molecule has 0 spiro atoms. The van der Waals surface area contributed by atoms with Crippen LogP contribution in [0.15, 0.2) is 106 Å². The van der Waals surface area contributed by atoms with Crippen molar-refractivity contribution in [1.29, 1.82) is 0 Å². The van der Waals surface area contributed by atoms with Crippen molar-refractivity contribution in [2.24, 2.45) is 0 Å². The third-order valence-corrected chi connectivity index (χ3v) is 11.1. The number of carbonyl (C=O) groups excluding carboxylic acids is 2.